The van der Waals surface area contributed by atoms with E-state index in [1.54, 1.807) is 0 Å². The second-order valence-electron chi connectivity index (χ2n) is 4.60. The van der Waals surface area contributed by atoms with E-state index in [1.807, 2.05) is 4.90 Å². The Kier molecular flexibility index (Phi) is 3.96. The molecule has 2 unspecified atom stereocenters. The summed E-state index contributed by atoms with van der Waals surface area (Å²) in [7, 11) is 0. The summed E-state index contributed by atoms with van der Waals surface area (Å²) in [5, 5.41) is 11.5. The summed E-state index contributed by atoms with van der Waals surface area (Å²) >= 11 is 0. The highest BCUT2D eigenvalue weighted by Crippen LogP contribution is 2.14. The maximum atomic E-state index is 11.3. The fourth-order valence-corrected chi connectivity index (χ4v) is 2.30. The Balaban J connectivity index is 1.91. The lowest BCUT2D eigenvalue weighted by molar-refractivity contribution is -0.141. The molecule has 0 bridgehead atoms. The molecule has 6 heteroatoms. The topological polar surface area (TPSA) is 78.9 Å². The molecular weight excluding hydrogens is 224 g/mol. The van der Waals surface area contributed by atoms with E-state index < -0.39 is 12.0 Å². The van der Waals surface area contributed by atoms with E-state index in [0.717, 1.165) is 26.0 Å². The molecule has 1 amide bonds. The molecule has 2 atom stereocenters. The number of hydrogen-bond acceptors (Lipinski definition) is 4. The molecule has 17 heavy (non-hydrogen) atoms. The van der Waals surface area contributed by atoms with Gasteiger partial charge in [0.25, 0.3) is 0 Å². The number of nitrogens with zero attached hydrogens (tertiary/aromatic N) is 1. The summed E-state index contributed by atoms with van der Waals surface area (Å²) < 4.78 is 5.52. The lowest BCUT2D eigenvalue weighted by Crippen LogP contribution is -2.46. The summed E-state index contributed by atoms with van der Waals surface area (Å²) in [6.07, 6.45) is 2.64. The second kappa shape index (κ2) is 5.46. The Hall–Kier alpha value is -1.14. The lowest BCUT2D eigenvalue weighted by Gasteiger charge is -2.24. The molecule has 2 rings (SSSR count). The molecule has 2 heterocycles. The Morgan fingerprint density at radius 1 is 1.59 bits per heavy atom. The SMILES string of the molecule is O=C1CCN(CC2CCCO2)CC(C(=O)O)N1. The van der Waals surface area contributed by atoms with Crippen LogP contribution in [0.25, 0.3) is 0 Å². The monoisotopic (exact) mass is 242 g/mol. The van der Waals surface area contributed by atoms with Crippen LogP contribution in [0, 0.1) is 0 Å². The summed E-state index contributed by atoms with van der Waals surface area (Å²) in [6.45, 7) is 2.48. The van der Waals surface area contributed by atoms with Gasteiger partial charge in [0.15, 0.2) is 0 Å². The smallest absolute Gasteiger partial charge is 0.327 e. The largest absolute Gasteiger partial charge is 0.480 e. The van der Waals surface area contributed by atoms with Crippen molar-refractivity contribution in [2.75, 3.05) is 26.2 Å². The van der Waals surface area contributed by atoms with Gasteiger partial charge < -0.3 is 15.2 Å². The van der Waals surface area contributed by atoms with E-state index in [0.29, 0.717) is 19.5 Å². The number of rotatable bonds is 3. The average Bonchev–Trinajstić information content (AvgIpc) is 2.70. The highest BCUT2D eigenvalue weighted by Gasteiger charge is 2.28. The zero-order valence-electron chi connectivity index (χ0n) is 9.72. The average molecular weight is 242 g/mol. The first-order valence-electron chi connectivity index (χ1n) is 6.01. The highest BCUT2D eigenvalue weighted by atomic mass is 16.5. The van der Waals surface area contributed by atoms with Gasteiger partial charge in [-0.2, -0.15) is 0 Å². The summed E-state index contributed by atoms with van der Waals surface area (Å²) in [5.74, 6) is -1.16. The summed E-state index contributed by atoms with van der Waals surface area (Å²) in [5.41, 5.74) is 0. The van der Waals surface area contributed by atoms with Gasteiger partial charge in [-0.05, 0) is 12.8 Å². The van der Waals surface area contributed by atoms with Crippen LogP contribution in [0.1, 0.15) is 19.3 Å². The Labute approximate surface area is 99.9 Å². The molecule has 96 valence electrons. The van der Waals surface area contributed by atoms with Crippen molar-refractivity contribution in [1.29, 1.82) is 0 Å². The molecular formula is C11H18N2O4. The van der Waals surface area contributed by atoms with Gasteiger partial charge in [0.05, 0.1) is 6.10 Å². The van der Waals surface area contributed by atoms with Crippen molar-refractivity contribution < 1.29 is 19.4 Å². The minimum Gasteiger partial charge on any atom is -0.480 e. The van der Waals surface area contributed by atoms with E-state index in [1.165, 1.54) is 0 Å². The van der Waals surface area contributed by atoms with E-state index >= 15 is 0 Å². The van der Waals surface area contributed by atoms with Gasteiger partial charge in [-0.3, -0.25) is 9.69 Å². The maximum Gasteiger partial charge on any atom is 0.327 e. The molecule has 0 aliphatic carbocycles. The van der Waals surface area contributed by atoms with Crippen LogP contribution in [0.2, 0.25) is 0 Å². The number of amides is 1. The van der Waals surface area contributed by atoms with Crippen molar-refractivity contribution in [3.63, 3.8) is 0 Å². The Morgan fingerprint density at radius 3 is 3.06 bits per heavy atom. The van der Waals surface area contributed by atoms with Crippen LogP contribution in [-0.4, -0.2) is 60.3 Å². The third-order valence-electron chi connectivity index (χ3n) is 3.22. The predicted molar refractivity (Wildman–Crippen MR) is 59.6 cm³/mol. The quantitative estimate of drug-likeness (QED) is 0.693. The molecule has 0 aromatic carbocycles. The first-order valence-corrected chi connectivity index (χ1v) is 6.01. The molecule has 2 N–H and O–H groups in total. The molecule has 0 saturated carbocycles. The summed E-state index contributed by atoms with van der Waals surface area (Å²) in [4.78, 5) is 24.3. The molecule has 0 radical (unpaired) electrons. The van der Waals surface area contributed by atoms with Crippen molar-refractivity contribution in [3.8, 4) is 0 Å². The molecule has 2 aliphatic heterocycles. The number of carbonyl (C=O) groups is 2. The number of carboxylic acids is 1. The second-order valence-corrected chi connectivity index (χ2v) is 4.60. The zero-order valence-corrected chi connectivity index (χ0v) is 9.72. The van der Waals surface area contributed by atoms with Crippen molar-refractivity contribution in [2.24, 2.45) is 0 Å². The molecule has 0 aromatic rings. The van der Waals surface area contributed by atoms with Gasteiger partial charge in [-0.15, -0.1) is 0 Å². The molecule has 0 spiro atoms. The minimum atomic E-state index is -0.974. The fourth-order valence-electron chi connectivity index (χ4n) is 2.30. The maximum absolute atomic E-state index is 11.3. The lowest BCUT2D eigenvalue weighted by atomic mass is 10.2. The first kappa shape index (κ1) is 12.3. The van der Waals surface area contributed by atoms with E-state index in [9.17, 15) is 9.59 Å². The third-order valence-corrected chi connectivity index (χ3v) is 3.22. The molecule has 2 saturated heterocycles. The van der Waals surface area contributed by atoms with Gasteiger partial charge in [-0.1, -0.05) is 0 Å². The van der Waals surface area contributed by atoms with Crippen molar-refractivity contribution in [1.82, 2.24) is 10.2 Å². The van der Waals surface area contributed by atoms with Gasteiger partial charge in [0.2, 0.25) is 5.91 Å². The minimum absolute atomic E-state index is 0.188. The molecule has 0 aromatic heterocycles. The number of ether oxygens (including phenoxy) is 1. The van der Waals surface area contributed by atoms with Crippen molar-refractivity contribution >= 4 is 11.9 Å². The third kappa shape index (κ3) is 3.41. The van der Waals surface area contributed by atoms with Gasteiger partial charge in [0, 0.05) is 32.7 Å². The van der Waals surface area contributed by atoms with Crippen LogP contribution in [0.15, 0.2) is 0 Å². The van der Waals surface area contributed by atoms with Crippen LogP contribution in [0.5, 0.6) is 0 Å². The van der Waals surface area contributed by atoms with E-state index in [4.69, 9.17) is 9.84 Å². The van der Waals surface area contributed by atoms with Crippen LogP contribution < -0.4 is 5.32 Å². The van der Waals surface area contributed by atoms with Gasteiger partial charge in [0.1, 0.15) is 6.04 Å². The number of carboxylic acid groups (broad SMARTS) is 1. The van der Waals surface area contributed by atoms with E-state index in [-0.39, 0.29) is 12.0 Å². The van der Waals surface area contributed by atoms with E-state index in [2.05, 4.69) is 5.32 Å². The number of aliphatic carboxylic acids is 1. The van der Waals surface area contributed by atoms with Crippen LogP contribution in [0.4, 0.5) is 0 Å². The zero-order chi connectivity index (χ0) is 12.3. The van der Waals surface area contributed by atoms with Gasteiger partial charge >= 0.3 is 5.97 Å². The van der Waals surface area contributed by atoms with Crippen molar-refractivity contribution in [2.45, 2.75) is 31.4 Å². The standard InChI is InChI=1S/C11H18N2O4/c14-10-3-4-13(6-8-2-1-5-17-8)7-9(12-10)11(15)16/h8-9H,1-7H2,(H,12,14)(H,15,16). The Morgan fingerprint density at radius 2 is 2.41 bits per heavy atom. The molecule has 6 nitrogen and oxygen atoms in total. The highest BCUT2D eigenvalue weighted by molar-refractivity contribution is 5.84. The molecule has 2 fully saturated rings. The normalized spacial score (nSPS) is 30.9. The first-order chi connectivity index (χ1) is 8.15. The fraction of sp³-hybridized carbons (Fsp3) is 0.818. The van der Waals surface area contributed by atoms with Crippen LogP contribution >= 0.6 is 0 Å². The summed E-state index contributed by atoms with van der Waals surface area (Å²) in [6, 6.07) is -0.800. The van der Waals surface area contributed by atoms with Crippen LogP contribution in [-0.2, 0) is 14.3 Å². The van der Waals surface area contributed by atoms with Crippen LogP contribution in [0.3, 0.4) is 0 Å². The van der Waals surface area contributed by atoms with Crippen molar-refractivity contribution in [3.05, 3.63) is 0 Å². The Bertz CT molecular complexity index is 302. The number of carbonyl (C=O) groups excluding carboxylic acids is 1. The van der Waals surface area contributed by atoms with Gasteiger partial charge in [-0.25, -0.2) is 4.79 Å². The predicted octanol–water partition coefficient (Wildman–Crippen LogP) is -0.559. The number of hydrogen-bond donors (Lipinski definition) is 2. The number of nitrogens with one attached hydrogen (secondary N) is 1. The molecule has 2 aliphatic rings.